The molecule has 0 aliphatic carbocycles. The standard InChI is InChI=1S/C25H42O7S4Si.C10H20O5S2Si.C10H10O2S2.C7H5O.C2H3F3O3S.CH5Si.CH4.2H2/c1-20(16-31-14-11-15-37(28-4,29-5)30-6)18-34-24(27)36-25(2,3)21(19-35-23(26)33-7)17-32-22-12-9-8-10-13-22;1-11-18(12-2,13-3)6-4-5-14-7-9-8-17-10(16)15-9;13-10-12-9(7-14-10)6-11-8-4-2-1-3-5-8;8-6-7-4-2-1-3-5-7;1-8-9(6,7)2(3,4)5;1-2;;;/h8-10,12-13,20-21H,11,14-19H2,1-7H3;9H,4-8H2,1-3H3;1-5,9H,6-7H2;1-5H;1H3;1H2,2H3;1H4;2*1H/q;;;-1;;-1;;;/i;;;;;;;2*1+2D. The summed E-state index contributed by atoms with van der Waals surface area (Å²) < 4.78 is 143. The van der Waals surface area contributed by atoms with Gasteiger partial charge >= 0.3 is 33.2 Å². The Labute approximate surface area is 574 Å². The Balaban J connectivity index is -0.000000584. The molecule has 2 saturated heterocycles. The Hall–Kier alpha value is -1.82. The third kappa shape index (κ3) is 40.2. The molecule has 2 fully saturated rings. The average Bonchev–Trinajstić information content (AvgIpc) is 1.68. The van der Waals surface area contributed by atoms with E-state index < -0.39 is 38.0 Å². The largest absolute Gasteiger partial charge is 0.523 e. The van der Waals surface area contributed by atoms with Crippen molar-refractivity contribution in [3.8, 4) is 11.5 Å². The molecule has 3 aromatic rings. The second-order valence-electron chi connectivity index (χ2n) is 18.2. The van der Waals surface area contributed by atoms with Gasteiger partial charge in [-0.2, -0.15) is 39.3 Å². The number of ether oxygens (including phenoxy) is 6. The highest BCUT2D eigenvalue weighted by atomic mass is 32.2. The maximum absolute atomic E-state index is 12.9. The predicted octanol–water partition coefficient (Wildman–Crippen LogP) is 13.3. The zero-order valence-electron chi connectivity index (χ0n) is 55.7. The van der Waals surface area contributed by atoms with Crippen LogP contribution in [0.1, 0.15) is 52.5 Å². The summed E-state index contributed by atoms with van der Waals surface area (Å²) in [5.74, 6) is 4.94. The first-order valence-corrected chi connectivity index (χ1v) is 40.4. The Bertz CT molecular complexity index is 2460. The van der Waals surface area contributed by atoms with Gasteiger partial charge in [-0.3, -0.25) is 13.8 Å². The molecule has 2 aliphatic heterocycles. The quantitative estimate of drug-likeness (QED) is 0.0142. The monoisotopic (exact) mass is 1490 g/mol. The minimum absolute atomic E-state index is 0. The van der Waals surface area contributed by atoms with Crippen LogP contribution in [0.25, 0.3) is 0 Å². The average molecular weight is 1490 g/mol. The Morgan fingerprint density at radius 3 is 1.54 bits per heavy atom. The molecule has 0 radical (unpaired) electrons. The lowest BCUT2D eigenvalue weighted by Gasteiger charge is -2.32. The zero-order chi connectivity index (χ0) is 70.5. The molecule has 33 heteroatoms. The van der Waals surface area contributed by atoms with E-state index in [1.54, 1.807) is 103 Å². The number of halogens is 3. The smallest absolute Gasteiger partial charge is 0.493 e. The first-order chi connectivity index (χ1) is 43.8. The molecule has 3 aromatic carbocycles. The van der Waals surface area contributed by atoms with Crippen LogP contribution in [0.4, 0.5) is 22.8 Å². The van der Waals surface area contributed by atoms with Gasteiger partial charge in [0.1, 0.15) is 30.3 Å². The summed E-state index contributed by atoms with van der Waals surface area (Å²) >= 11 is 18.1. The number of rotatable bonds is 32. The van der Waals surface area contributed by atoms with Gasteiger partial charge in [-0.15, -0.1) is 22.4 Å². The van der Waals surface area contributed by atoms with Crippen molar-refractivity contribution in [3.63, 3.8) is 0 Å². The van der Waals surface area contributed by atoms with E-state index in [0.717, 1.165) is 52.1 Å². The predicted molar refractivity (Wildman–Crippen MR) is 381 cm³/mol. The number of hydrogen-bond donors (Lipinski definition) is 0. The van der Waals surface area contributed by atoms with Gasteiger partial charge < -0.3 is 66.3 Å². The molecule has 0 bridgehead atoms. The molecule has 2 aliphatic rings. The molecule has 0 saturated carbocycles. The number of carbonyl (C=O) groups is 2. The molecule has 0 aromatic heterocycles. The van der Waals surface area contributed by atoms with Gasteiger partial charge in [0.15, 0.2) is 0 Å². The minimum atomic E-state index is -5.34. The Kier molecular flexibility index (Phi) is 49.3. The fraction of sp³-hybridized carbons (Fsp3) is 0.571. The van der Waals surface area contributed by atoms with Crippen molar-refractivity contribution < 1.29 is 101 Å². The summed E-state index contributed by atoms with van der Waals surface area (Å²) in [7, 11) is 0.833. The number of para-hydroxylation sites is 2. The number of benzene rings is 3. The number of alkyl halides is 3. The van der Waals surface area contributed by atoms with Crippen molar-refractivity contribution in [2.24, 2.45) is 11.8 Å². The molecule has 18 nitrogen and oxygen atoms in total. The SMILES string of the molecule is C.COS(=O)(=O)C(F)(F)F.CO[Si](CCCOCC(C)CSC(=O)SC(C)(C)C(COc1ccccc1)CSC(=O)SC)(OC)OC.CO[Si](CCCOCC1CSC(=S)O1)(OC)OC.O=[C-]c1ccccc1.S=C1OC(COc2ccccc2)CS1.[2H][3H].[2H][3H].[CH2-][SiH3]. The summed E-state index contributed by atoms with van der Waals surface area (Å²) in [6, 6.07) is 29.7. The topological polar surface area (TPSA) is 205 Å². The third-order valence-corrected chi connectivity index (χ3v) is 25.5. The van der Waals surface area contributed by atoms with Gasteiger partial charge in [0.25, 0.3) is 0 Å². The van der Waals surface area contributed by atoms with Gasteiger partial charge in [-0.25, -0.2) is 0 Å². The van der Waals surface area contributed by atoms with Crippen molar-refractivity contribution in [2.45, 2.75) is 75.6 Å². The van der Waals surface area contributed by atoms with E-state index in [1.165, 1.54) is 47.0 Å². The molecule has 0 spiro atoms. The minimum Gasteiger partial charge on any atom is -0.493 e. The van der Waals surface area contributed by atoms with Crippen LogP contribution in [0.15, 0.2) is 91.0 Å². The Morgan fingerprint density at radius 2 is 1.16 bits per heavy atom. The summed E-state index contributed by atoms with van der Waals surface area (Å²) in [4.78, 5) is 34.7. The van der Waals surface area contributed by atoms with Crippen molar-refractivity contribution in [1.29, 1.82) is 0 Å². The molecule has 4 unspecified atom stereocenters. The van der Waals surface area contributed by atoms with E-state index in [2.05, 4.69) is 31.5 Å². The molecule has 4 atom stereocenters. The van der Waals surface area contributed by atoms with E-state index in [9.17, 15) is 36.0 Å². The van der Waals surface area contributed by atoms with E-state index in [4.69, 9.17) is 85.4 Å². The van der Waals surface area contributed by atoms with Crippen molar-refractivity contribution >= 4 is 157 Å². The van der Waals surface area contributed by atoms with E-state index >= 15 is 0 Å². The fourth-order valence-electron chi connectivity index (χ4n) is 6.57. The lowest BCUT2D eigenvalue weighted by atomic mass is 9.98. The van der Waals surface area contributed by atoms with E-state index in [1.807, 2.05) is 66.7 Å². The maximum Gasteiger partial charge on any atom is 0.523 e. The molecule has 2 heterocycles. The second kappa shape index (κ2) is 51.5. The summed E-state index contributed by atoms with van der Waals surface area (Å²) in [5.41, 5.74) is -4.70. The summed E-state index contributed by atoms with van der Waals surface area (Å²) in [6.45, 7) is 13.0. The summed E-state index contributed by atoms with van der Waals surface area (Å²) in [5, 5.41) is 0. The lowest BCUT2D eigenvalue weighted by Crippen LogP contribution is -2.42. The van der Waals surface area contributed by atoms with Crippen LogP contribution in [-0.4, -0.2) is 201 Å². The molecule has 0 N–H and O–H groups in total. The van der Waals surface area contributed by atoms with Gasteiger partial charge in [0.2, 0.25) is 17.7 Å². The van der Waals surface area contributed by atoms with Crippen LogP contribution in [0.5, 0.6) is 11.5 Å². The van der Waals surface area contributed by atoms with Gasteiger partial charge in [-0.05, 0) is 87.6 Å². The van der Waals surface area contributed by atoms with Crippen LogP contribution >= 0.6 is 95.0 Å². The number of thioether (sulfide) groups is 6. The highest BCUT2D eigenvalue weighted by Gasteiger charge is 2.46. The van der Waals surface area contributed by atoms with E-state index in [-0.39, 0.29) is 40.4 Å². The van der Waals surface area contributed by atoms with Crippen LogP contribution < -0.4 is 9.47 Å². The third-order valence-electron chi connectivity index (χ3n) is 11.6. The number of hydrogen-bond acceptors (Lipinski definition) is 26. The zero-order valence-corrected chi connectivity index (χ0v) is 63.1. The maximum atomic E-state index is 12.9. The van der Waals surface area contributed by atoms with Crippen molar-refractivity contribution in [1.82, 2.24) is 0 Å². The molecular formula is C56H93F3O18S9Si3-2. The first kappa shape index (κ1) is 85.2. The van der Waals surface area contributed by atoms with Gasteiger partial charge in [0.05, 0.1) is 26.6 Å². The van der Waals surface area contributed by atoms with Gasteiger partial charge in [0, 0.05) is 114 Å². The first-order valence-electron chi connectivity index (χ1n) is 28.9. The molecular weight excluding hydrogens is 1390 g/mol. The molecule has 514 valence electrons. The van der Waals surface area contributed by atoms with Gasteiger partial charge in [-0.1, -0.05) is 127 Å². The summed E-state index contributed by atoms with van der Waals surface area (Å²) in [6.07, 6.45) is 5.38. The highest BCUT2D eigenvalue weighted by Crippen LogP contribution is 2.40. The lowest BCUT2D eigenvalue weighted by molar-refractivity contribution is -0.0526. The van der Waals surface area contributed by atoms with E-state index in [0.29, 0.717) is 78.6 Å². The molecule has 0 amide bonds. The van der Waals surface area contributed by atoms with Crippen LogP contribution in [0, 0.1) is 18.4 Å². The van der Waals surface area contributed by atoms with Crippen LogP contribution in [-0.2, 0) is 64.6 Å². The second-order valence-corrected chi connectivity index (χ2v) is 34.2. The van der Waals surface area contributed by atoms with Crippen molar-refractivity contribution in [2.75, 3.05) is 119 Å². The molecule has 5 rings (SSSR count). The Morgan fingerprint density at radius 1 is 0.730 bits per heavy atom. The highest BCUT2D eigenvalue weighted by molar-refractivity contribution is 8.39. The fourth-order valence-corrected chi connectivity index (χ4v) is 16.2. The molecule has 89 heavy (non-hydrogen) atoms. The van der Waals surface area contributed by atoms with Crippen LogP contribution in [0.2, 0.25) is 12.1 Å². The van der Waals surface area contributed by atoms with Crippen LogP contribution in [0.3, 0.4) is 0 Å². The number of thiocarbonyl (C=S) groups is 2. The normalized spacial score (nSPS) is 15.5. The van der Waals surface area contributed by atoms with Crippen molar-refractivity contribution in [3.05, 3.63) is 103 Å². The number of carbonyl (C=O) groups excluding carboxylic acids is 3.